The van der Waals surface area contributed by atoms with Crippen molar-refractivity contribution in [1.29, 1.82) is 0 Å². The Balaban J connectivity index is 1.61. The number of rotatable bonds is 4. The molecule has 1 heterocycles. The molecule has 0 saturated heterocycles. The van der Waals surface area contributed by atoms with Gasteiger partial charge in [-0.25, -0.2) is 8.42 Å². The van der Waals surface area contributed by atoms with Crippen LogP contribution >= 0.6 is 0 Å². The molecule has 5 nitrogen and oxygen atoms in total. The Hall–Kier alpha value is -2.18. The lowest BCUT2D eigenvalue weighted by Gasteiger charge is -2.31. The third kappa shape index (κ3) is 3.96. The van der Waals surface area contributed by atoms with E-state index < -0.39 is 10.0 Å². The Morgan fingerprint density at radius 1 is 1.00 bits per heavy atom. The van der Waals surface area contributed by atoms with Gasteiger partial charge in [-0.3, -0.25) is 4.79 Å². The van der Waals surface area contributed by atoms with Gasteiger partial charge in [0, 0.05) is 30.9 Å². The Kier molecular flexibility index (Phi) is 5.74. The molecule has 1 amide bonds. The fourth-order valence-corrected chi connectivity index (χ4v) is 5.96. The van der Waals surface area contributed by atoms with Crippen molar-refractivity contribution in [2.75, 3.05) is 18.5 Å². The van der Waals surface area contributed by atoms with Crippen LogP contribution in [0, 0.1) is 0 Å². The normalized spacial score (nSPS) is 17.9. The second kappa shape index (κ2) is 8.28. The summed E-state index contributed by atoms with van der Waals surface area (Å²) in [5.74, 6) is -0.144. The van der Waals surface area contributed by atoms with Crippen molar-refractivity contribution in [3.63, 3.8) is 0 Å². The number of sulfonamides is 1. The minimum atomic E-state index is -3.62. The van der Waals surface area contributed by atoms with Gasteiger partial charge in [-0.05, 0) is 55.5 Å². The zero-order valence-corrected chi connectivity index (χ0v) is 17.7. The topological polar surface area (TPSA) is 57.7 Å². The molecule has 0 bridgehead atoms. The van der Waals surface area contributed by atoms with Gasteiger partial charge in [-0.15, -0.1) is 0 Å². The van der Waals surface area contributed by atoms with Gasteiger partial charge in [0.05, 0.1) is 4.90 Å². The highest BCUT2D eigenvalue weighted by molar-refractivity contribution is 7.89. The lowest BCUT2D eigenvalue weighted by atomic mass is 9.96. The molecule has 1 aliphatic heterocycles. The van der Waals surface area contributed by atoms with Gasteiger partial charge in [0.15, 0.2) is 0 Å². The number of amides is 1. The van der Waals surface area contributed by atoms with Crippen molar-refractivity contribution in [3.05, 3.63) is 59.7 Å². The summed E-state index contributed by atoms with van der Waals surface area (Å²) in [6.45, 7) is 0.648. The highest BCUT2D eigenvalue weighted by Gasteiger charge is 2.30. The third-order valence-electron chi connectivity index (χ3n) is 6.20. The fourth-order valence-electron chi connectivity index (χ4n) is 4.50. The molecule has 0 N–H and O–H groups in total. The van der Waals surface area contributed by atoms with E-state index in [0.29, 0.717) is 12.1 Å². The predicted octanol–water partition coefficient (Wildman–Crippen LogP) is 4.23. The maximum atomic E-state index is 13.2. The summed E-state index contributed by atoms with van der Waals surface area (Å²) in [6, 6.07) is 14.5. The van der Waals surface area contributed by atoms with Gasteiger partial charge in [-0.2, -0.15) is 4.31 Å². The van der Waals surface area contributed by atoms with Gasteiger partial charge < -0.3 is 4.90 Å². The number of para-hydroxylation sites is 1. The lowest BCUT2D eigenvalue weighted by molar-refractivity contribution is 0.0985. The van der Waals surface area contributed by atoms with Crippen molar-refractivity contribution in [3.8, 4) is 0 Å². The molecule has 6 heteroatoms. The van der Waals surface area contributed by atoms with Gasteiger partial charge >= 0.3 is 0 Å². The Bertz CT molecular complexity index is 997. The maximum absolute atomic E-state index is 13.2. The van der Waals surface area contributed by atoms with Crippen molar-refractivity contribution in [1.82, 2.24) is 4.31 Å². The van der Waals surface area contributed by atoms with E-state index in [1.165, 1.54) is 16.8 Å². The average Bonchev–Trinajstić information content (AvgIpc) is 2.78. The summed E-state index contributed by atoms with van der Waals surface area (Å²) in [5.41, 5.74) is 2.50. The SMILES string of the molecule is CN(C1CCCCC1)S(=O)(=O)c1cccc(C(=O)N2CCCc3ccccc32)c1. The second-order valence-electron chi connectivity index (χ2n) is 8.03. The van der Waals surface area contributed by atoms with Gasteiger partial charge in [0.25, 0.3) is 5.91 Å². The summed E-state index contributed by atoms with van der Waals surface area (Å²) in [7, 11) is -1.96. The van der Waals surface area contributed by atoms with E-state index in [-0.39, 0.29) is 16.8 Å². The number of nitrogens with zero attached hydrogens (tertiary/aromatic N) is 2. The van der Waals surface area contributed by atoms with E-state index in [4.69, 9.17) is 0 Å². The van der Waals surface area contributed by atoms with Crippen LogP contribution in [0.15, 0.2) is 53.4 Å². The molecule has 0 aromatic heterocycles. The molecule has 0 radical (unpaired) electrons. The molecule has 29 heavy (non-hydrogen) atoms. The lowest BCUT2D eigenvalue weighted by Crippen LogP contribution is -2.38. The molecular weight excluding hydrogens is 384 g/mol. The molecule has 1 fully saturated rings. The Morgan fingerprint density at radius 2 is 1.76 bits per heavy atom. The van der Waals surface area contributed by atoms with Crippen LogP contribution in [0.4, 0.5) is 5.69 Å². The van der Waals surface area contributed by atoms with E-state index in [0.717, 1.165) is 49.8 Å². The summed E-state index contributed by atoms with van der Waals surface area (Å²) in [5, 5.41) is 0. The first-order chi connectivity index (χ1) is 14.0. The van der Waals surface area contributed by atoms with Crippen LogP contribution in [0.1, 0.15) is 54.4 Å². The highest BCUT2D eigenvalue weighted by atomic mass is 32.2. The molecule has 0 atom stereocenters. The molecule has 2 aromatic carbocycles. The molecule has 0 spiro atoms. The van der Waals surface area contributed by atoms with Crippen LogP contribution in [-0.2, 0) is 16.4 Å². The van der Waals surface area contributed by atoms with Crippen LogP contribution in [0.2, 0.25) is 0 Å². The van der Waals surface area contributed by atoms with E-state index in [9.17, 15) is 13.2 Å². The smallest absolute Gasteiger partial charge is 0.258 e. The standard InChI is InChI=1S/C23H28N2O3S/c1-24(20-12-3-2-4-13-20)29(27,28)21-14-7-10-19(17-21)23(26)25-16-8-11-18-9-5-6-15-22(18)25/h5-7,9-10,14-15,17,20H,2-4,8,11-13,16H2,1H3. The predicted molar refractivity (Wildman–Crippen MR) is 115 cm³/mol. The van der Waals surface area contributed by atoms with Crippen LogP contribution in [0.3, 0.4) is 0 Å². The number of benzene rings is 2. The van der Waals surface area contributed by atoms with E-state index in [1.807, 2.05) is 18.2 Å². The van der Waals surface area contributed by atoms with Crippen molar-refractivity contribution >= 4 is 21.6 Å². The molecule has 1 aliphatic carbocycles. The van der Waals surface area contributed by atoms with Gasteiger partial charge in [-0.1, -0.05) is 43.5 Å². The first-order valence-corrected chi connectivity index (χ1v) is 11.9. The van der Waals surface area contributed by atoms with Crippen molar-refractivity contribution in [2.24, 2.45) is 0 Å². The summed E-state index contributed by atoms with van der Waals surface area (Å²) >= 11 is 0. The number of anilines is 1. The molecule has 1 saturated carbocycles. The van der Waals surface area contributed by atoms with E-state index in [1.54, 1.807) is 30.1 Å². The van der Waals surface area contributed by atoms with Crippen LogP contribution < -0.4 is 4.90 Å². The number of fused-ring (bicyclic) bond motifs is 1. The number of hydrogen-bond donors (Lipinski definition) is 0. The first-order valence-electron chi connectivity index (χ1n) is 10.5. The number of carbonyl (C=O) groups is 1. The molecule has 2 aliphatic rings. The largest absolute Gasteiger partial charge is 0.308 e. The molecule has 0 unspecified atom stereocenters. The third-order valence-corrected chi connectivity index (χ3v) is 8.11. The number of carbonyl (C=O) groups excluding carboxylic acids is 1. The van der Waals surface area contributed by atoms with E-state index in [2.05, 4.69) is 6.07 Å². The summed E-state index contributed by atoms with van der Waals surface area (Å²) in [4.78, 5) is 15.2. The molecular formula is C23H28N2O3S. The van der Waals surface area contributed by atoms with Gasteiger partial charge in [0.2, 0.25) is 10.0 Å². The highest BCUT2D eigenvalue weighted by Crippen LogP contribution is 2.30. The monoisotopic (exact) mass is 412 g/mol. The van der Waals surface area contributed by atoms with Gasteiger partial charge in [0.1, 0.15) is 0 Å². The second-order valence-corrected chi connectivity index (χ2v) is 10.0. The van der Waals surface area contributed by atoms with Crippen LogP contribution in [-0.4, -0.2) is 38.3 Å². The maximum Gasteiger partial charge on any atom is 0.258 e. The fraction of sp³-hybridized carbons (Fsp3) is 0.435. The van der Waals surface area contributed by atoms with Crippen LogP contribution in [0.5, 0.6) is 0 Å². The van der Waals surface area contributed by atoms with E-state index >= 15 is 0 Å². The first kappa shape index (κ1) is 20.1. The van der Waals surface area contributed by atoms with Crippen molar-refractivity contribution in [2.45, 2.75) is 55.9 Å². The average molecular weight is 413 g/mol. The Labute approximate surface area is 173 Å². The summed E-state index contributed by atoms with van der Waals surface area (Å²) in [6.07, 6.45) is 6.98. The summed E-state index contributed by atoms with van der Waals surface area (Å²) < 4.78 is 27.9. The number of hydrogen-bond acceptors (Lipinski definition) is 3. The zero-order chi connectivity index (χ0) is 20.4. The minimum absolute atomic E-state index is 0.0436. The molecule has 4 rings (SSSR count). The Morgan fingerprint density at radius 3 is 2.55 bits per heavy atom. The number of aryl methyl sites for hydroxylation is 1. The molecule has 2 aromatic rings. The quantitative estimate of drug-likeness (QED) is 0.755. The van der Waals surface area contributed by atoms with Crippen molar-refractivity contribution < 1.29 is 13.2 Å². The zero-order valence-electron chi connectivity index (χ0n) is 16.9. The minimum Gasteiger partial charge on any atom is -0.308 e. The van der Waals surface area contributed by atoms with Crippen LogP contribution in [0.25, 0.3) is 0 Å². The molecule has 154 valence electrons.